The zero-order valence-corrected chi connectivity index (χ0v) is 16.2. The van der Waals surface area contributed by atoms with E-state index in [4.69, 9.17) is 11.5 Å². The maximum atomic E-state index is 13.3. The molecule has 0 aromatic carbocycles. The van der Waals surface area contributed by atoms with E-state index < -0.39 is 24.2 Å². The van der Waals surface area contributed by atoms with Crippen molar-refractivity contribution < 1.29 is 19.5 Å². The molecular formula is C18H33N5O4. The van der Waals surface area contributed by atoms with Crippen LogP contribution in [0.3, 0.4) is 0 Å². The lowest BCUT2D eigenvalue weighted by molar-refractivity contribution is -0.142. The second kappa shape index (κ2) is 9.48. The van der Waals surface area contributed by atoms with E-state index in [2.05, 4.69) is 10.6 Å². The van der Waals surface area contributed by atoms with Crippen molar-refractivity contribution in [2.24, 2.45) is 29.2 Å². The molecule has 2 saturated carbocycles. The summed E-state index contributed by atoms with van der Waals surface area (Å²) >= 11 is 0. The Kier molecular flexibility index (Phi) is 7.58. The summed E-state index contributed by atoms with van der Waals surface area (Å²) in [6.45, 7) is 4.68. The fourth-order valence-electron chi connectivity index (χ4n) is 4.02. The molecule has 0 spiro atoms. The number of nitrogens with zero attached hydrogens (tertiary/aromatic N) is 1. The first-order valence-electron chi connectivity index (χ1n) is 9.78. The van der Waals surface area contributed by atoms with E-state index in [0.717, 1.165) is 19.3 Å². The maximum Gasteiger partial charge on any atom is 0.306 e. The second-order valence-electron chi connectivity index (χ2n) is 7.88. The summed E-state index contributed by atoms with van der Waals surface area (Å²) in [6, 6.07) is -1.13. The molecule has 2 aliphatic rings. The van der Waals surface area contributed by atoms with Crippen LogP contribution in [0.15, 0.2) is 0 Å². The number of carboxylic acids is 1. The molecule has 2 rings (SSSR count). The summed E-state index contributed by atoms with van der Waals surface area (Å²) in [5, 5.41) is 15.2. The highest BCUT2D eigenvalue weighted by Crippen LogP contribution is 2.35. The third-order valence-corrected chi connectivity index (χ3v) is 5.40. The summed E-state index contributed by atoms with van der Waals surface area (Å²) in [7, 11) is 0. The first-order chi connectivity index (χ1) is 12.7. The molecule has 4 atom stereocenters. The van der Waals surface area contributed by atoms with Gasteiger partial charge in [0.2, 0.25) is 11.8 Å². The summed E-state index contributed by atoms with van der Waals surface area (Å²) in [5.74, 6) is -1.82. The van der Waals surface area contributed by atoms with Gasteiger partial charge in [-0.25, -0.2) is 0 Å². The zero-order chi connectivity index (χ0) is 20.1. The number of carbonyl (C=O) groups excluding carboxylic acids is 2. The Labute approximate surface area is 160 Å². The average Bonchev–Trinajstić information content (AvgIpc) is 3.29. The minimum atomic E-state index is -0.910. The predicted molar refractivity (Wildman–Crippen MR) is 100 cm³/mol. The molecule has 7 N–H and O–H groups in total. The first kappa shape index (κ1) is 21.6. The van der Waals surface area contributed by atoms with E-state index in [0.29, 0.717) is 31.8 Å². The monoisotopic (exact) mass is 383 g/mol. The molecule has 0 saturated heterocycles. The van der Waals surface area contributed by atoms with E-state index in [1.807, 2.05) is 11.8 Å². The van der Waals surface area contributed by atoms with Gasteiger partial charge in [0.1, 0.15) is 12.3 Å². The summed E-state index contributed by atoms with van der Waals surface area (Å²) in [4.78, 5) is 38.4. The van der Waals surface area contributed by atoms with Crippen molar-refractivity contribution in [3.63, 3.8) is 0 Å². The third kappa shape index (κ3) is 6.15. The number of hydrogen-bond acceptors (Lipinski definition) is 6. The van der Waals surface area contributed by atoms with Gasteiger partial charge in [-0.05, 0) is 38.0 Å². The van der Waals surface area contributed by atoms with E-state index in [1.54, 1.807) is 0 Å². The minimum Gasteiger partial charge on any atom is -0.481 e. The van der Waals surface area contributed by atoms with Crippen LogP contribution in [0.1, 0.15) is 46.0 Å². The number of nitrogens with one attached hydrogen (secondary N) is 2. The van der Waals surface area contributed by atoms with Gasteiger partial charge in [0.25, 0.3) is 0 Å². The van der Waals surface area contributed by atoms with E-state index in [-0.39, 0.29) is 23.8 Å². The van der Waals surface area contributed by atoms with Gasteiger partial charge in [-0.2, -0.15) is 0 Å². The third-order valence-electron chi connectivity index (χ3n) is 5.40. The number of hydrogen-bond donors (Lipinski definition) is 5. The van der Waals surface area contributed by atoms with Crippen molar-refractivity contribution in [2.45, 2.75) is 64.3 Å². The lowest BCUT2D eigenvalue weighted by Gasteiger charge is -2.34. The van der Waals surface area contributed by atoms with Gasteiger partial charge in [-0.3, -0.25) is 19.7 Å². The normalized spacial score (nSPS) is 26.0. The fourth-order valence-corrected chi connectivity index (χ4v) is 4.02. The molecule has 9 heteroatoms. The van der Waals surface area contributed by atoms with E-state index in [9.17, 15) is 19.5 Å². The number of carboxylic acid groups (broad SMARTS) is 1. The predicted octanol–water partition coefficient (Wildman–Crippen LogP) is -0.590. The smallest absolute Gasteiger partial charge is 0.306 e. The Balaban J connectivity index is 2.23. The van der Waals surface area contributed by atoms with Crippen LogP contribution in [0, 0.1) is 17.8 Å². The van der Waals surface area contributed by atoms with Gasteiger partial charge < -0.3 is 26.8 Å². The maximum absolute atomic E-state index is 13.3. The zero-order valence-electron chi connectivity index (χ0n) is 16.2. The van der Waals surface area contributed by atoms with Crippen LogP contribution in [0.2, 0.25) is 0 Å². The molecule has 0 aliphatic heterocycles. The fraction of sp³-hybridized carbons (Fsp3) is 0.833. The standard InChI is InChI=1S/C18H33N5O4/c1-3-6-23(9-11-4-5-11)16(25)15(21-10(2)24)13-7-12(17(26)27)8-14(13)22-18(19)20/h11-15,18,22H,3-9,19-20H2,1-2H3,(H,21,24)(H,26,27). The Morgan fingerprint density at radius 1 is 1.22 bits per heavy atom. The van der Waals surface area contributed by atoms with Crippen molar-refractivity contribution in [3.05, 3.63) is 0 Å². The van der Waals surface area contributed by atoms with Crippen molar-refractivity contribution in [1.82, 2.24) is 15.5 Å². The lowest BCUT2D eigenvalue weighted by atomic mass is 9.92. The van der Waals surface area contributed by atoms with Crippen molar-refractivity contribution >= 4 is 17.8 Å². The number of aliphatic carboxylic acids is 1. The van der Waals surface area contributed by atoms with Gasteiger partial charge in [0, 0.05) is 32.0 Å². The SMILES string of the molecule is CCCN(CC1CC1)C(=O)C(NC(C)=O)C1CC(C(=O)O)CC1NC(N)N. The van der Waals surface area contributed by atoms with Crippen LogP contribution in [0.5, 0.6) is 0 Å². The van der Waals surface area contributed by atoms with E-state index >= 15 is 0 Å². The van der Waals surface area contributed by atoms with Crippen LogP contribution in [0.4, 0.5) is 0 Å². The molecule has 0 aromatic rings. The number of amides is 2. The van der Waals surface area contributed by atoms with Crippen LogP contribution >= 0.6 is 0 Å². The number of carbonyl (C=O) groups is 3. The number of nitrogens with two attached hydrogens (primary N) is 2. The molecule has 0 aromatic heterocycles. The molecule has 27 heavy (non-hydrogen) atoms. The average molecular weight is 383 g/mol. The van der Waals surface area contributed by atoms with Crippen molar-refractivity contribution in [2.75, 3.05) is 13.1 Å². The highest BCUT2D eigenvalue weighted by Gasteiger charge is 2.46. The Bertz CT molecular complexity index is 552. The topological polar surface area (TPSA) is 151 Å². The molecule has 2 amide bonds. The van der Waals surface area contributed by atoms with Crippen molar-refractivity contribution in [3.8, 4) is 0 Å². The molecule has 4 unspecified atom stereocenters. The van der Waals surface area contributed by atoms with Crippen LogP contribution in [0.25, 0.3) is 0 Å². The Morgan fingerprint density at radius 2 is 1.89 bits per heavy atom. The van der Waals surface area contributed by atoms with Crippen LogP contribution in [-0.2, 0) is 14.4 Å². The van der Waals surface area contributed by atoms with E-state index in [1.165, 1.54) is 6.92 Å². The molecule has 0 bridgehead atoms. The Hall–Kier alpha value is -1.71. The first-order valence-corrected chi connectivity index (χ1v) is 9.78. The number of rotatable bonds is 10. The van der Waals surface area contributed by atoms with Gasteiger partial charge in [-0.1, -0.05) is 6.92 Å². The molecule has 0 radical (unpaired) electrons. The minimum absolute atomic E-state index is 0.146. The quantitative estimate of drug-likeness (QED) is 0.316. The highest BCUT2D eigenvalue weighted by molar-refractivity contribution is 5.87. The lowest BCUT2D eigenvalue weighted by Crippen LogP contribution is -2.58. The molecule has 0 heterocycles. The second-order valence-corrected chi connectivity index (χ2v) is 7.88. The highest BCUT2D eigenvalue weighted by atomic mass is 16.4. The van der Waals surface area contributed by atoms with Crippen LogP contribution < -0.4 is 22.1 Å². The van der Waals surface area contributed by atoms with Crippen molar-refractivity contribution in [1.29, 1.82) is 0 Å². The summed E-state index contributed by atoms with van der Waals surface area (Å²) in [6.07, 6.45) is 2.86. The van der Waals surface area contributed by atoms with Gasteiger partial charge >= 0.3 is 5.97 Å². The Morgan fingerprint density at radius 3 is 2.37 bits per heavy atom. The summed E-state index contributed by atoms with van der Waals surface area (Å²) < 4.78 is 0. The molecule has 9 nitrogen and oxygen atoms in total. The largest absolute Gasteiger partial charge is 0.481 e. The van der Waals surface area contributed by atoms with Crippen LogP contribution in [-0.4, -0.2) is 59.3 Å². The van der Waals surface area contributed by atoms with Gasteiger partial charge in [-0.15, -0.1) is 0 Å². The molecule has 2 fully saturated rings. The molecular weight excluding hydrogens is 350 g/mol. The molecule has 154 valence electrons. The van der Waals surface area contributed by atoms with Gasteiger partial charge in [0.15, 0.2) is 0 Å². The summed E-state index contributed by atoms with van der Waals surface area (Å²) in [5.41, 5.74) is 11.3. The van der Waals surface area contributed by atoms with Gasteiger partial charge in [0.05, 0.1) is 5.92 Å². The molecule has 2 aliphatic carbocycles.